The molecule has 1 aromatic heterocycles. The first-order valence-electron chi connectivity index (χ1n) is 5.73. The van der Waals surface area contributed by atoms with E-state index in [0.717, 1.165) is 21.1 Å². The lowest BCUT2D eigenvalue weighted by molar-refractivity contribution is 0.573. The van der Waals surface area contributed by atoms with Crippen molar-refractivity contribution >= 4 is 31.9 Å². The number of nitrogens with one attached hydrogen (secondary N) is 1. The van der Waals surface area contributed by atoms with Gasteiger partial charge < -0.3 is 5.32 Å². The van der Waals surface area contributed by atoms with Gasteiger partial charge in [0.2, 0.25) is 0 Å². The number of likely N-dealkylation sites (N-methyl/N-ethyl adjacent to an activating group) is 1. The summed E-state index contributed by atoms with van der Waals surface area (Å²) in [6, 6.07) is 12.7. The first kappa shape index (κ1) is 13.7. The molecule has 2 aromatic rings. The molecule has 1 aromatic carbocycles. The van der Waals surface area contributed by atoms with Crippen molar-refractivity contribution in [3.8, 4) is 0 Å². The topological polar surface area (TPSA) is 24.9 Å². The van der Waals surface area contributed by atoms with Gasteiger partial charge in [-0.25, -0.2) is 0 Å². The molecule has 0 fully saturated rings. The molecule has 94 valence electrons. The van der Waals surface area contributed by atoms with Crippen molar-refractivity contribution in [2.24, 2.45) is 0 Å². The molecule has 0 amide bonds. The van der Waals surface area contributed by atoms with Gasteiger partial charge in [-0.1, -0.05) is 30.3 Å². The van der Waals surface area contributed by atoms with E-state index < -0.39 is 0 Å². The average molecular weight is 370 g/mol. The Labute approximate surface area is 124 Å². The molecule has 0 bridgehead atoms. The normalized spacial score (nSPS) is 12.4. The van der Waals surface area contributed by atoms with E-state index >= 15 is 0 Å². The maximum absolute atomic E-state index is 4.49. The maximum Gasteiger partial charge on any atom is 0.0719 e. The van der Waals surface area contributed by atoms with E-state index in [4.69, 9.17) is 0 Å². The summed E-state index contributed by atoms with van der Waals surface area (Å²) >= 11 is 6.99. The first-order valence-corrected chi connectivity index (χ1v) is 7.31. The monoisotopic (exact) mass is 368 g/mol. The Bertz CT molecular complexity index is 514. The molecule has 1 N–H and O–H groups in total. The Hall–Kier alpha value is -0.710. The second kappa shape index (κ2) is 6.45. The van der Waals surface area contributed by atoms with Crippen LogP contribution in [0, 0.1) is 0 Å². The molecule has 0 aliphatic rings. The van der Waals surface area contributed by atoms with Crippen molar-refractivity contribution in [1.82, 2.24) is 10.3 Å². The van der Waals surface area contributed by atoms with Crippen molar-refractivity contribution in [2.75, 3.05) is 7.05 Å². The molecular formula is C14H14Br2N2. The Morgan fingerprint density at radius 3 is 2.56 bits per heavy atom. The van der Waals surface area contributed by atoms with Crippen LogP contribution in [0.5, 0.6) is 0 Å². The molecule has 0 saturated heterocycles. The molecule has 1 heterocycles. The van der Waals surface area contributed by atoms with Crippen molar-refractivity contribution in [3.05, 3.63) is 62.8 Å². The van der Waals surface area contributed by atoms with Crippen molar-refractivity contribution in [2.45, 2.75) is 12.5 Å². The summed E-state index contributed by atoms with van der Waals surface area (Å²) in [5.41, 5.74) is 2.33. The van der Waals surface area contributed by atoms with Crippen LogP contribution >= 0.6 is 31.9 Å². The number of nitrogens with zero attached hydrogens (tertiary/aromatic N) is 1. The van der Waals surface area contributed by atoms with Gasteiger partial charge in [-0.3, -0.25) is 4.98 Å². The van der Waals surface area contributed by atoms with Gasteiger partial charge in [-0.05, 0) is 57.0 Å². The van der Waals surface area contributed by atoms with Crippen LogP contribution in [0.3, 0.4) is 0 Å². The van der Waals surface area contributed by atoms with Crippen molar-refractivity contribution in [3.63, 3.8) is 0 Å². The number of rotatable bonds is 4. The largest absolute Gasteiger partial charge is 0.311 e. The molecule has 2 nitrogen and oxygen atoms in total. The van der Waals surface area contributed by atoms with Crippen LogP contribution in [-0.2, 0) is 6.42 Å². The van der Waals surface area contributed by atoms with Gasteiger partial charge in [-0.2, -0.15) is 0 Å². The fraction of sp³-hybridized carbons (Fsp3) is 0.214. The summed E-state index contributed by atoms with van der Waals surface area (Å²) in [5.74, 6) is 0. The molecule has 0 aliphatic heterocycles. The highest BCUT2D eigenvalue weighted by atomic mass is 79.9. The van der Waals surface area contributed by atoms with E-state index in [-0.39, 0.29) is 6.04 Å². The number of pyridine rings is 1. The van der Waals surface area contributed by atoms with Crippen molar-refractivity contribution in [1.29, 1.82) is 0 Å². The third-order valence-electron chi connectivity index (χ3n) is 2.80. The third kappa shape index (κ3) is 3.40. The van der Waals surface area contributed by atoms with Gasteiger partial charge >= 0.3 is 0 Å². The molecule has 18 heavy (non-hydrogen) atoms. The number of hydrogen-bond donors (Lipinski definition) is 1. The van der Waals surface area contributed by atoms with Crippen LogP contribution in [0.25, 0.3) is 0 Å². The van der Waals surface area contributed by atoms with Gasteiger partial charge in [0.1, 0.15) is 0 Å². The van der Waals surface area contributed by atoms with Gasteiger partial charge in [0, 0.05) is 15.1 Å². The zero-order valence-corrected chi connectivity index (χ0v) is 13.2. The molecule has 0 saturated carbocycles. The van der Waals surface area contributed by atoms with Crippen LogP contribution in [0.4, 0.5) is 0 Å². The molecule has 1 atom stereocenters. The minimum absolute atomic E-state index is 0.204. The summed E-state index contributed by atoms with van der Waals surface area (Å²) < 4.78 is 2.00. The zero-order chi connectivity index (χ0) is 13.0. The van der Waals surface area contributed by atoms with Gasteiger partial charge in [0.15, 0.2) is 0 Å². The Balaban J connectivity index is 2.23. The van der Waals surface area contributed by atoms with Crippen LogP contribution in [0.15, 0.2) is 51.5 Å². The van der Waals surface area contributed by atoms with Crippen LogP contribution in [0.1, 0.15) is 17.3 Å². The quantitative estimate of drug-likeness (QED) is 0.877. The standard InChI is InChI=1S/C14H14Br2N2/c1-17-13(7-10-5-3-2-4-6-10)14-12(16)8-11(15)9-18-14/h2-6,8-9,13,17H,7H2,1H3. The molecular weight excluding hydrogens is 356 g/mol. The van der Waals surface area contributed by atoms with E-state index in [1.165, 1.54) is 5.56 Å². The number of aromatic nitrogens is 1. The second-order valence-corrected chi connectivity index (χ2v) is 5.82. The Morgan fingerprint density at radius 1 is 1.22 bits per heavy atom. The van der Waals surface area contributed by atoms with Crippen molar-refractivity contribution < 1.29 is 0 Å². The summed E-state index contributed by atoms with van der Waals surface area (Å²) in [6.07, 6.45) is 2.75. The predicted molar refractivity (Wildman–Crippen MR) is 81.6 cm³/mol. The zero-order valence-electron chi connectivity index (χ0n) is 10.0. The van der Waals surface area contributed by atoms with Crippen LogP contribution in [-0.4, -0.2) is 12.0 Å². The van der Waals surface area contributed by atoms with E-state index in [1.54, 1.807) is 0 Å². The molecule has 4 heteroatoms. The van der Waals surface area contributed by atoms with E-state index in [2.05, 4.69) is 66.4 Å². The third-order valence-corrected chi connectivity index (χ3v) is 3.87. The molecule has 1 unspecified atom stereocenters. The second-order valence-electron chi connectivity index (χ2n) is 4.05. The van der Waals surface area contributed by atoms with Gasteiger partial charge in [0.25, 0.3) is 0 Å². The van der Waals surface area contributed by atoms with Gasteiger partial charge in [0.05, 0.1) is 11.7 Å². The molecule has 0 aliphatic carbocycles. The van der Waals surface area contributed by atoms with Crippen LogP contribution < -0.4 is 5.32 Å². The highest BCUT2D eigenvalue weighted by Gasteiger charge is 2.15. The predicted octanol–water partition coefficient (Wildman–Crippen LogP) is 4.11. The number of benzene rings is 1. The van der Waals surface area contributed by atoms with E-state index in [1.807, 2.05) is 25.4 Å². The minimum atomic E-state index is 0.204. The summed E-state index contributed by atoms with van der Waals surface area (Å²) in [4.78, 5) is 4.49. The first-order chi connectivity index (χ1) is 8.70. The number of halogens is 2. The maximum atomic E-state index is 4.49. The average Bonchev–Trinajstić information content (AvgIpc) is 2.38. The smallest absolute Gasteiger partial charge is 0.0719 e. The molecule has 0 spiro atoms. The molecule has 0 radical (unpaired) electrons. The lowest BCUT2D eigenvalue weighted by Crippen LogP contribution is -2.20. The lowest BCUT2D eigenvalue weighted by atomic mass is 10.0. The fourth-order valence-electron chi connectivity index (χ4n) is 1.87. The Morgan fingerprint density at radius 2 is 1.94 bits per heavy atom. The van der Waals surface area contributed by atoms with E-state index in [0.29, 0.717) is 0 Å². The van der Waals surface area contributed by atoms with E-state index in [9.17, 15) is 0 Å². The number of hydrogen-bond acceptors (Lipinski definition) is 2. The lowest BCUT2D eigenvalue weighted by Gasteiger charge is -2.17. The highest BCUT2D eigenvalue weighted by molar-refractivity contribution is 9.11. The SMILES string of the molecule is CNC(Cc1ccccc1)c1ncc(Br)cc1Br. The molecule has 2 rings (SSSR count). The Kier molecular flexibility index (Phi) is 4.92. The van der Waals surface area contributed by atoms with Crippen LogP contribution in [0.2, 0.25) is 0 Å². The fourth-order valence-corrected chi connectivity index (χ4v) is 3.13. The summed E-state index contributed by atoms with van der Waals surface area (Å²) in [7, 11) is 1.96. The minimum Gasteiger partial charge on any atom is -0.311 e. The highest BCUT2D eigenvalue weighted by Crippen LogP contribution is 2.26. The summed E-state index contributed by atoms with van der Waals surface area (Å²) in [6.45, 7) is 0. The summed E-state index contributed by atoms with van der Waals surface area (Å²) in [5, 5.41) is 3.32. The van der Waals surface area contributed by atoms with Gasteiger partial charge in [-0.15, -0.1) is 0 Å².